The van der Waals surface area contributed by atoms with E-state index in [0.29, 0.717) is 40.0 Å². The molecule has 2 aromatic carbocycles. The van der Waals surface area contributed by atoms with Gasteiger partial charge in [0.25, 0.3) is 5.56 Å². The molecule has 0 unspecified atom stereocenters. The first-order chi connectivity index (χ1) is 14.1. The van der Waals surface area contributed by atoms with Crippen molar-refractivity contribution in [1.82, 2.24) is 14.6 Å². The maximum atomic E-state index is 12.8. The largest absolute Gasteiger partial charge is 0.490 e. The minimum Gasteiger partial charge on any atom is -0.490 e. The molecular formula is C21H18BrN3O3S. The van der Waals surface area contributed by atoms with Crippen molar-refractivity contribution >= 4 is 38.3 Å². The van der Waals surface area contributed by atoms with Gasteiger partial charge in [0.05, 0.1) is 17.7 Å². The lowest BCUT2D eigenvalue weighted by molar-refractivity contribution is 0.287. The summed E-state index contributed by atoms with van der Waals surface area (Å²) in [6, 6.07) is 13.3. The molecule has 0 saturated heterocycles. The third-order valence-electron chi connectivity index (χ3n) is 4.16. The van der Waals surface area contributed by atoms with Gasteiger partial charge in [0.15, 0.2) is 17.3 Å². The Bertz CT molecular complexity index is 1280. The van der Waals surface area contributed by atoms with Crippen molar-refractivity contribution < 1.29 is 9.47 Å². The van der Waals surface area contributed by atoms with Gasteiger partial charge in [0.2, 0.25) is 4.96 Å². The lowest BCUT2D eigenvalue weighted by atomic mass is 10.2. The van der Waals surface area contributed by atoms with E-state index in [1.165, 1.54) is 15.9 Å². The molecule has 4 rings (SSSR count). The van der Waals surface area contributed by atoms with Gasteiger partial charge in [-0.3, -0.25) is 4.79 Å². The first kappa shape index (κ1) is 19.6. The van der Waals surface area contributed by atoms with E-state index in [9.17, 15) is 4.79 Å². The third-order valence-corrected chi connectivity index (χ3v) is 5.81. The van der Waals surface area contributed by atoms with Crippen LogP contribution >= 0.6 is 27.3 Å². The fourth-order valence-corrected chi connectivity index (χ4v) is 4.27. The SMILES string of the molecule is CCOc1ccc(C=c2sc3nc(-c4ccccc4Br)nn3c2=O)cc1OCC. The maximum Gasteiger partial charge on any atom is 0.291 e. The zero-order valence-electron chi connectivity index (χ0n) is 15.9. The normalized spacial score (nSPS) is 11.9. The van der Waals surface area contributed by atoms with E-state index < -0.39 is 0 Å². The Kier molecular flexibility index (Phi) is 5.64. The molecule has 6 nitrogen and oxygen atoms in total. The van der Waals surface area contributed by atoms with Crippen molar-refractivity contribution in [2.24, 2.45) is 0 Å². The van der Waals surface area contributed by atoms with Crippen LogP contribution in [-0.2, 0) is 0 Å². The topological polar surface area (TPSA) is 65.7 Å². The van der Waals surface area contributed by atoms with E-state index in [-0.39, 0.29) is 5.56 Å². The van der Waals surface area contributed by atoms with Gasteiger partial charge >= 0.3 is 0 Å². The summed E-state index contributed by atoms with van der Waals surface area (Å²) in [6.45, 7) is 4.94. The smallest absolute Gasteiger partial charge is 0.291 e. The molecule has 0 fully saturated rings. The van der Waals surface area contributed by atoms with E-state index >= 15 is 0 Å². The number of rotatable bonds is 6. The molecule has 2 aromatic heterocycles. The summed E-state index contributed by atoms with van der Waals surface area (Å²) in [4.78, 5) is 17.9. The molecule has 0 aliphatic rings. The number of nitrogens with zero attached hydrogens (tertiary/aromatic N) is 3. The molecule has 0 saturated carbocycles. The van der Waals surface area contributed by atoms with Crippen LogP contribution < -0.4 is 19.6 Å². The minimum absolute atomic E-state index is 0.192. The van der Waals surface area contributed by atoms with Gasteiger partial charge in [-0.15, -0.1) is 5.10 Å². The van der Waals surface area contributed by atoms with E-state index in [1.807, 2.05) is 62.4 Å². The van der Waals surface area contributed by atoms with Crippen molar-refractivity contribution in [2.45, 2.75) is 13.8 Å². The second-order valence-electron chi connectivity index (χ2n) is 6.10. The van der Waals surface area contributed by atoms with Crippen molar-refractivity contribution in [3.05, 3.63) is 67.4 Å². The molecule has 0 aliphatic carbocycles. The van der Waals surface area contributed by atoms with E-state index in [4.69, 9.17) is 9.47 Å². The highest BCUT2D eigenvalue weighted by molar-refractivity contribution is 9.10. The van der Waals surface area contributed by atoms with E-state index in [0.717, 1.165) is 15.6 Å². The molecule has 8 heteroatoms. The van der Waals surface area contributed by atoms with Gasteiger partial charge in [-0.2, -0.15) is 9.50 Å². The molecule has 0 aliphatic heterocycles. The van der Waals surface area contributed by atoms with Gasteiger partial charge in [0, 0.05) is 10.0 Å². The van der Waals surface area contributed by atoms with Crippen LogP contribution in [0.3, 0.4) is 0 Å². The standard InChI is InChI=1S/C21H18BrN3O3S/c1-3-27-16-10-9-13(11-17(16)28-4-2)12-18-20(26)25-21(29-18)23-19(24-25)14-7-5-6-8-15(14)22/h5-12H,3-4H2,1-2H3. The summed E-state index contributed by atoms with van der Waals surface area (Å²) in [5.74, 6) is 1.87. The number of ether oxygens (including phenoxy) is 2. The Morgan fingerprint density at radius 1 is 1.10 bits per heavy atom. The Balaban J connectivity index is 1.75. The molecule has 0 bridgehead atoms. The number of aromatic nitrogens is 3. The van der Waals surface area contributed by atoms with Gasteiger partial charge in [-0.05, 0) is 49.8 Å². The molecule has 29 heavy (non-hydrogen) atoms. The van der Waals surface area contributed by atoms with Crippen molar-refractivity contribution in [3.63, 3.8) is 0 Å². The Hall–Kier alpha value is -2.71. The fraction of sp³-hybridized carbons (Fsp3) is 0.190. The van der Waals surface area contributed by atoms with Crippen LogP contribution in [0, 0.1) is 0 Å². The van der Waals surface area contributed by atoms with Gasteiger partial charge in [-0.25, -0.2) is 0 Å². The second-order valence-corrected chi connectivity index (χ2v) is 7.96. The molecular weight excluding hydrogens is 454 g/mol. The average Bonchev–Trinajstić information content (AvgIpc) is 3.24. The van der Waals surface area contributed by atoms with Crippen LogP contribution in [0.1, 0.15) is 19.4 Å². The first-order valence-corrected chi connectivity index (χ1v) is 10.8. The quantitative estimate of drug-likeness (QED) is 0.426. The lowest BCUT2D eigenvalue weighted by Crippen LogP contribution is -2.23. The monoisotopic (exact) mass is 471 g/mol. The zero-order chi connectivity index (χ0) is 20.4. The zero-order valence-corrected chi connectivity index (χ0v) is 18.3. The summed E-state index contributed by atoms with van der Waals surface area (Å²) in [5, 5.41) is 4.40. The van der Waals surface area contributed by atoms with Gasteiger partial charge in [-0.1, -0.05) is 45.5 Å². The Morgan fingerprint density at radius 2 is 1.86 bits per heavy atom. The molecule has 0 N–H and O–H groups in total. The Labute approximate surface area is 179 Å². The summed E-state index contributed by atoms with van der Waals surface area (Å²) < 4.78 is 14.1. The Morgan fingerprint density at radius 3 is 2.59 bits per heavy atom. The molecule has 0 radical (unpaired) electrons. The third kappa shape index (κ3) is 3.90. The summed E-state index contributed by atoms with van der Waals surface area (Å²) in [7, 11) is 0. The maximum absolute atomic E-state index is 12.8. The van der Waals surface area contributed by atoms with Crippen LogP contribution in [-0.4, -0.2) is 27.8 Å². The number of fused-ring (bicyclic) bond motifs is 1. The molecule has 2 heterocycles. The number of halogens is 1. The number of thiazole rings is 1. The minimum atomic E-state index is -0.192. The molecule has 148 valence electrons. The highest BCUT2D eigenvalue weighted by atomic mass is 79.9. The highest BCUT2D eigenvalue weighted by Crippen LogP contribution is 2.29. The van der Waals surface area contributed by atoms with Gasteiger partial charge < -0.3 is 9.47 Å². The lowest BCUT2D eigenvalue weighted by Gasteiger charge is -2.11. The first-order valence-electron chi connectivity index (χ1n) is 9.16. The van der Waals surface area contributed by atoms with E-state index in [2.05, 4.69) is 26.0 Å². The molecule has 0 spiro atoms. The van der Waals surface area contributed by atoms with Crippen LogP contribution in [0.5, 0.6) is 11.5 Å². The van der Waals surface area contributed by atoms with Crippen molar-refractivity contribution in [2.75, 3.05) is 13.2 Å². The average molecular weight is 472 g/mol. The number of benzene rings is 2. The number of hydrogen-bond acceptors (Lipinski definition) is 6. The fourth-order valence-electron chi connectivity index (χ4n) is 2.90. The van der Waals surface area contributed by atoms with Crippen LogP contribution in [0.2, 0.25) is 0 Å². The predicted octanol–water partition coefficient (Wildman–Crippen LogP) is 3.93. The van der Waals surface area contributed by atoms with Crippen LogP contribution in [0.4, 0.5) is 0 Å². The summed E-state index contributed by atoms with van der Waals surface area (Å²) >= 11 is 4.81. The van der Waals surface area contributed by atoms with Crippen LogP contribution in [0.25, 0.3) is 22.4 Å². The highest BCUT2D eigenvalue weighted by Gasteiger charge is 2.14. The number of hydrogen-bond donors (Lipinski definition) is 0. The predicted molar refractivity (Wildman–Crippen MR) is 118 cm³/mol. The van der Waals surface area contributed by atoms with E-state index in [1.54, 1.807) is 0 Å². The second kappa shape index (κ2) is 8.34. The molecule has 0 atom stereocenters. The summed E-state index contributed by atoms with van der Waals surface area (Å²) in [5.41, 5.74) is 1.51. The molecule has 4 aromatic rings. The molecule has 0 amide bonds. The van der Waals surface area contributed by atoms with Crippen molar-refractivity contribution in [3.8, 4) is 22.9 Å². The summed E-state index contributed by atoms with van der Waals surface area (Å²) in [6.07, 6.45) is 1.82. The van der Waals surface area contributed by atoms with Crippen LogP contribution in [0.15, 0.2) is 51.7 Å². The van der Waals surface area contributed by atoms with Gasteiger partial charge in [0.1, 0.15) is 0 Å². The van der Waals surface area contributed by atoms with Crippen molar-refractivity contribution in [1.29, 1.82) is 0 Å².